The number of pyridine rings is 1. The number of aromatic nitrogens is 1. The molecule has 4 aliphatic rings. The summed E-state index contributed by atoms with van der Waals surface area (Å²) >= 11 is 14.0. The first-order valence-electron chi connectivity index (χ1n) is 19.7. The average Bonchev–Trinajstić information content (AvgIpc) is 3.73. The lowest BCUT2D eigenvalue weighted by Crippen LogP contribution is -2.43. The van der Waals surface area contributed by atoms with E-state index in [0.29, 0.717) is 71.6 Å². The molecule has 8 rings (SSSR count). The van der Waals surface area contributed by atoms with E-state index in [1.807, 2.05) is 36.4 Å². The van der Waals surface area contributed by atoms with Crippen LogP contribution in [0.1, 0.15) is 85.8 Å². The van der Waals surface area contributed by atoms with Gasteiger partial charge in [0.15, 0.2) is 0 Å². The van der Waals surface area contributed by atoms with Gasteiger partial charge in [0.2, 0.25) is 11.8 Å². The highest BCUT2D eigenvalue weighted by Crippen LogP contribution is 2.53. The molecule has 0 bridgehead atoms. The molecule has 2 saturated heterocycles. The molecule has 4 aromatic rings. The van der Waals surface area contributed by atoms with Gasteiger partial charge in [-0.05, 0) is 105 Å². The molecule has 2 aliphatic heterocycles. The van der Waals surface area contributed by atoms with E-state index in [2.05, 4.69) is 33.4 Å². The number of hydrogen-bond donors (Lipinski definition) is 1. The van der Waals surface area contributed by atoms with Crippen LogP contribution in [0.25, 0.3) is 11.1 Å². The second-order valence-corrected chi connectivity index (χ2v) is 17.1. The lowest BCUT2D eigenvalue weighted by Gasteiger charge is -2.42. The number of likely N-dealkylation sites (tertiary alicyclic amines) is 1. The van der Waals surface area contributed by atoms with Crippen molar-refractivity contribution in [1.29, 1.82) is 5.26 Å². The fourth-order valence-electron chi connectivity index (χ4n) is 8.96. The van der Waals surface area contributed by atoms with Crippen LogP contribution in [0.3, 0.4) is 0 Å². The molecule has 3 aromatic carbocycles. The number of amides is 2. The highest BCUT2D eigenvalue weighted by atomic mass is 35.5. The van der Waals surface area contributed by atoms with Crippen molar-refractivity contribution >= 4 is 35.0 Å². The smallest absolute Gasteiger partial charge is 0.233 e. The largest absolute Gasteiger partial charge is 0.492 e. The third-order valence-electron chi connectivity index (χ3n) is 12.0. The van der Waals surface area contributed by atoms with Gasteiger partial charge < -0.3 is 19.1 Å². The molecule has 1 aromatic heterocycles. The molecule has 9 nitrogen and oxygen atoms in total. The maximum Gasteiger partial charge on any atom is 0.233 e. The lowest BCUT2D eigenvalue weighted by atomic mass is 9.59. The van der Waals surface area contributed by atoms with Gasteiger partial charge in [-0.1, -0.05) is 53.5 Å². The number of fused-ring (bicyclic) bond motifs is 1. The van der Waals surface area contributed by atoms with Gasteiger partial charge in [-0.3, -0.25) is 19.9 Å². The number of ether oxygens (including phenoxy) is 3. The van der Waals surface area contributed by atoms with Gasteiger partial charge in [-0.15, -0.1) is 0 Å². The molecule has 3 heterocycles. The van der Waals surface area contributed by atoms with Crippen molar-refractivity contribution in [2.45, 2.75) is 83.1 Å². The molecule has 1 saturated carbocycles. The number of nitrogens with zero attached hydrogens (tertiary/aromatic N) is 3. The van der Waals surface area contributed by atoms with Gasteiger partial charge in [0.05, 0.1) is 27.6 Å². The zero-order valence-corrected chi connectivity index (χ0v) is 33.4. The minimum absolute atomic E-state index is 0.177. The Labute approximate surface area is 342 Å². The third-order valence-corrected chi connectivity index (χ3v) is 12.7. The van der Waals surface area contributed by atoms with Crippen LogP contribution in [0.2, 0.25) is 10.0 Å². The zero-order chi connectivity index (χ0) is 39.7. The molecule has 0 radical (unpaired) electrons. The van der Waals surface area contributed by atoms with Crippen molar-refractivity contribution in [1.82, 2.24) is 15.2 Å². The molecular weight excluding hydrogens is 766 g/mol. The molecule has 2 aliphatic carbocycles. The summed E-state index contributed by atoms with van der Waals surface area (Å²) in [5.74, 6) is 1.52. The molecule has 57 heavy (non-hydrogen) atoms. The maximum absolute atomic E-state index is 14.2. The SMILES string of the molecule is CC1(F)CCN(CCCOc2cccc(-c3cccc4c3CC[C@@H]4Oc3cc(OCc4cncc(C#N)c4)c(CC4CC5(CC(=O)NC5=O)C4)cc3Cl)c2Cl)CC1. The van der Waals surface area contributed by atoms with Crippen LogP contribution in [-0.2, 0) is 29.0 Å². The topological polar surface area (TPSA) is 114 Å². The van der Waals surface area contributed by atoms with E-state index in [-0.39, 0.29) is 36.9 Å². The Balaban J connectivity index is 0.975. The molecule has 0 unspecified atom stereocenters. The molecule has 296 valence electrons. The zero-order valence-electron chi connectivity index (χ0n) is 31.9. The van der Waals surface area contributed by atoms with Gasteiger partial charge >= 0.3 is 0 Å². The Hall–Kier alpha value is -4.69. The summed E-state index contributed by atoms with van der Waals surface area (Å²) in [7, 11) is 0. The summed E-state index contributed by atoms with van der Waals surface area (Å²) in [6.45, 7) is 4.79. The molecule has 1 spiro atoms. The molecule has 12 heteroatoms. The first kappa shape index (κ1) is 39.2. The van der Waals surface area contributed by atoms with Crippen LogP contribution < -0.4 is 19.5 Å². The number of carbonyl (C=O) groups excluding carboxylic acids is 2. The number of carbonyl (C=O) groups is 2. The molecule has 1 N–H and O–H groups in total. The monoisotopic (exact) mass is 810 g/mol. The fourth-order valence-corrected chi connectivity index (χ4v) is 9.47. The minimum atomic E-state index is -1.06. The number of hydrogen-bond acceptors (Lipinski definition) is 8. The van der Waals surface area contributed by atoms with Gasteiger partial charge in [-0.2, -0.15) is 5.26 Å². The lowest BCUT2D eigenvalue weighted by molar-refractivity contribution is -0.134. The third kappa shape index (κ3) is 8.48. The Kier molecular flexibility index (Phi) is 11.2. The number of nitrogens with one attached hydrogen (secondary N) is 1. The second-order valence-electron chi connectivity index (χ2n) is 16.3. The number of nitriles is 1. The Morgan fingerprint density at radius 2 is 1.79 bits per heavy atom. The Morgan fingerprint density at radius 1 is 1.00 bits per heavy atom. The average molecular weight is 812 g/mol. The standard InChI is InChI=1S/C45H45Cl2FN4O5/c1-44(48)11-14-52(15-12-44)13-4-16-55-38-8-3-7-35(42(38)47)32-5-2-6-34-33(32)9-10-37(34)57-40-20-39(56-27-30-17-29(24-49)25-50-26-30)31(19-36(40)46)18-28-21-45(22-28)23-41(53)51-43(45)54/h2-3,5-8,17,19-20,25-26,28,37H,4,9-16,18,21-23,27H2,1H3,(H,51,53,54)/t28?,37-,45?/m0/s1. The predicted octanol–water partition coefficient (Wildman–Crippen LogP) is 9.15. The molecule has 1 atom stereocenters. The Bertz CT molecular complexity index is 2230. The van der Waals surface area contributed by atoms with Crippen molar-refractivity contribution in [3.8, 4) is 34.4 Å². The fraction of sp³-hybridized carbons (Fsp3) is 0.422. The summed E-state index contributed by atoms with van der Waals surface area (Å²) in [6.07, 6.45) is 8.49. The van der Waals surface area contributed by atoms with E-state index in [0.717, 1.165) is 72.3 Å². The summed E-state index contributed by atoms with van der Waals surface area (Å²) in [5, 5.41) is 12.9. The van der Waals surface area contributed by atoms with E-state index in [9.17, 15) is 19.2 Å². The van der Waals surface area contributed by atoms with Gasteiger partial charge in [0.25, 0.3) is 0 Å². The van der Waals surface area contributed by atoms with Crippen LogP contribution in [0.4, 0.5) is 4.39 Å². The summed E-state index contributed by atoms with van der Waals surface area (Å²) in [4.78, 5) is 30.9. The van der Waals surface area contributed by atoms with Crippen molar-refractivity contribution in [3.63, 3.8) is 0 Å². The number of benzene rings is 3. The van der Waals surface area contributed by atoms with E-state index in [1.54, 1.807) is 19.2 Å². The number of alkyl halides is 1. The molecular formula is C45H45Cl2FN4O5. The van der Waals surface area contributed by atoms with Crippen molar-refractivity contribution in [2.24, 2.45) is 11.3 Å². The van der Waals surface area contributed by atoms with Crippen molar-refractivity contribution in [3.05, 3.63) is 105 Å². The van der Waals surface area contributed by atoms with Crippen molar-refractivity contribution < 1.29 is 28.2 Å². The highest BCUT2D eigenvalue weighted by Gasteiger charge is 2.55. The number of rotatable bonds is 13. The highest BCUT2D eigenvalue weighted by molar-refractivity contribution is 6.35. The minimum Gasteiger partial charge on any atom is -0.492 e. The van der Waals surface area contributed by atoms with Gasteiger partial charge in [-0.25, -0.2) is 4.39 Å². The first-order chi connectivity index (χ1) is 27.5. The molecule has 3 fully saturated rings. The van der Waals surface area contributed by atoms with Crippen LogP contribution in [0.5, 0.6) is 17.2 Å². The van der Waals surface area contributed by atoms with Crippen LogP contribution in [-0.4, -0.2) is 53.6 Å². The predicted molar refractivity (Wildman–Crippen MR) is 215 cm³/mol. The maximum atomic E-state index is 14.2. The summed E-state index contributed by atoms with van der Waals surface area (Å²) < 4.78 is 33.5. The Morgan fingerprint density at radius 3 is 2.56 bits per heavy atom. The first-order valence-corrected chi connectivity index (χ1v) is 20.5. The van der Waals surface area contributed by atoms with E-state index in [1.165, 1.54) is 6.20 Å². The normalized spacial score (nSPS) is 22.4. The van der Waals surface area contributed by atoms with Crippen molar-refractivity contribution in [2.75, 3.05) is 26.2 Å². The second kappa shape index (κ2) is 16.3. The van der Waals surface area contributed by atoms with Gasteiger partial charge in [0.1, 0.15) is 41.7 Å². The van der Waals surface area contributed by atoms with Crippen LogP contribution in [0, 0.1) is 22.7 Å². The quantitative estimate of drug-likeness (QED) is 0.105. The van der Waals surface area contributed by atoms with Crippen LogP contribution in [0.15, 0.2) is 67.0 Å². The van der Waals surface area contributed by atoms with E-state index in [4.69, 9.17) is 37.4 Å². The number of piperidine rings is 1. The number of imide groups is 1. The molecule has 2 amide bonds. The van der Waals surface area contributed by atoms with E-state index >= 15 is 0 Å². The summed E-state index contributed by atoms with van der Waals surface area (Å²) in [6, 6.07) is 19.6. The van der Waals surface area contributed by atoms with E-state index < -0.39 is 11.1 Å². The summed E-state index contributed by atoms with van der Waals surface area (Å²) in [5.41, 5.74) is 4.55. The van der Waals surface area contributed by atoms with Crippen LogP contribution >= 0.6 is 23.2 Å². The van der Waals surface area contributed by atoms with Gasteiger partial charge in [0, 0.05) is 55.6 Å². The number of halogens is 3.